The summed E-state index contributed by atoms with van der Waals surface area (Å²) >= 11 is 0. The van der Waals surface area contributed by atoms with Gasteiger partial charge in [-0.2, -0.15) is 0 Å². The lowest BCUT2D eigenvalue weighted by Crippen LogP contribution is -3.28. The number of amides is 3. The number of para-hydroxylation sites is 1. The number of quaternary nitrogens is 2. The molecule has 2 aromatic carbocycles. The van der Waals surface area contributed by atoms with Crippen LogP contribution >= 0.6 is 0 Å². The number of hydrogen-bond acceptors (Lipinski definition) is 3. The first-order valence-corrected chi connectivity index (χ1v) is 9.69. The predicted octanol–water partition coefficient (Wildman–Crippen LogP) is -0.534. The van der Waals surface area contributed by atoms with Gasteiger partial charge in [-0.15, -0.1) is 0 Å². The Morgan fingerprint density at radius 3 is 2.31 bits per heavy atom. The number of methoxy groups -OCH3 is 1. The quantitative estimate of drug-likeness (QED) is 0.525. The Kier molecular flexibility index (Phi) is 7.15. The number of piperazine rings is 1. The minimum Gasteiger partial charge on any atom is -0.497 e. The molecule has 0 aromatic heterocycles. The average molecular weight is 402 g/mol. The first-order chi connectivity index (χ1) is 14.0. The number of ether oxygens (including phenoxy) is 1. The molecule has 154 valence electrons. The van der Waals surface area contributed by atoms with Crippen LogP contribution in [0.2, 0.25) is 0 Å². The van der Waals surface area contributed by atoms with Crippen LogP contribution in [0.5, 0.6) is 5.75 Å². The number of hydrogen-bond donors (Lipinski definition) is 4. The molecular formula is C21H27FN4O3+2. The Balaban J connectivity index is 1.39. The van der Waals surface area contributed by atoms with Gasteiger partial charge in [-0.3, -0.25) is 10.1 Å². The molecule has 29 heavy (non-hydrogen) atoms. The maximum atomic E-state index is 13.6. The Morgan fingerprint density at radius 2 is 1.66 bits per heavy atom. The number of nitrogens with one attached hydrogen (secondary N) is 4. The van der Waals surface area contributed by atoms with Gasteiger partial charge in [0.2, 0.25) is 0 Å². The number of carbonyl (C=O) groups excluding carboxylic acids is 2. The molecule has 1 heterocycles. The van der Waals surface area contributed by atoms with Gasteiger partial charge in [0.15, 0.2) is 6.54 Å². The van der Waals surface area contributed by atoms with Gasteiger partial charge >= 0.3 is 6.03 Å². The van der Waals surface area contributed by atoms with E-state index in [1.54, 1.807) is 13.2 Å². The minimum atomic E-state index is -0.719. The van der Waals surface area contributed by atoms with Crippen LogP contribution in [0.15, 0.2) is 48.5 Å². The zero-order valence-corrected chi connectivity index (χ0v) is 16.5. The van der Waals surface area contributed by atoms with Gasteiger partial charge in [0.05, 0.1) is 12.8 Å². The zero-order chi connectivity index (χ0) is 20.6. The molecule has 0 unspecified atom stereocenters. The van der Waals surface area contributed by atoms with Crippen LogP contribution in [0, 0.1) is 5.82 Å². The van der Waals surface area contributed by atoms with E-state index in [0.717, 1.165) is 43.4 Å². The Hall–Kier alpha value is -2.97. The molecule has 1 aliphatic rings. The second kappa shape index (κ2) is 9.99. The zero-order valence-electron chi connectivity index (χ0n) is 16.5. The van der Waals surface area contributed by atoms with Crippen LogP contribution in [0.1, 0.15) is 5.56 Å². The van der Waals surface area contributed by atoms with Gasteiger partial charge in [0.25, 0.3) is 5.91 Å². The van der Waals surface area contributed by atoms with Crippen molar-refractivity contribution in [3.05, 3.63) is 59.9 Å². The fourth-order valence-corrected chi connectivity index (χ4v) is 3.46. The third-order valence-corrected chi connectivity index (χ3v) is 5.06. The molecule has 3 amide bonds. The number of rotatable bonds is 6. The van der Waals surface area contributed by atoms with Gasteiger partial charge in [0.1, 0.15) is 44.3 Å². The van der Waals surface area contributed by atoms with Gasteiger partial charge in [0, 0.05) is 5.56 Å². The lowest BCUT2D eigenvalue weighted by molar-refractivity contribution is -1.02. The highest BCUT2D eigenvalue weighted by Crippen LogP contribution is 2.12. The number of imide groups is 1. The first-order valence-electron chi connectivity index (χ1n) is 9.69. The molecule has 0 saturated carbocycles. The van der Waals surface area contributed by atoms with Crippen molar-refractivity contribution < 1.29 is 28.5 Å². The molecule has 0 radical (unpaired) electrons. The molecule has 1 aliphatic heterocycles. The van der Waals surface area contributed by atoms with E-state index in [1.807, 2.05) is 12.1 Å². The molecule has 8 heteroatoms. The molecule has 7 nitrogen and oxygen atoms in total. The standard InChI is InChI=1S/C21H25FN4O3/c1-29-17-8-6-16(7-9-17)14-25-10-12-26(13-11-25)15-20(27)24-21(28)23-19-5-3-2-4-18(19)22/h2-9H,10-15H2,1H3,(H2,23,24,27,28)/p+2. The average Bonchev–Trinajstić information content (AvgIpc) is 2.71. The predicted molar refractivity (Wildman–Crippen MR) is 107 cm³/mol. The highest BCUT2D eigenvalue weighted by molar-refractivity contribution is 6.01. The highest BCUT2D eigenvalue weighted by atomic mass is 19.1. The molecule has 0 aliphatic carbocycles. The van der Waals surface area contributed by atoms with E-state index in [9.17, 15) is 14.0 Å². The van der Waals surface area contributed by atoms with Gasteiger partial charge in [-0.1, -0.05) is 12.1 Å². The summed E-state index contributed by atoms with van der Waals surface area (Å²) in [5, 5.41) is 4.62. The number of anilines is 1. The summed E-state index contributed by atoms with van der Waals surface area (Å²) in [4.78, 5) is 26.6. The molecule has 0 bridgehead atoms. The number of carbonyl (C=O) groups is 2. The van der Waals surface area contributed by atoms with E-state index < -0.39 is 11.8 Å². The van der Waals surface area contributed by atoms with E-state index in [2.05, 4.69) is 22.8 Å². The maximum absolute atomic E-state index is 13.6. The highest BCUT2D eigenvalue weighted by Gasteiger charge is 2.25. The van der Waals surface area contributed by atoms with E-state index in [-0.39, 0.29) is 18.1 Å². The van der Waals surface area contributed by atoms with Crippen molar-refractivity contribution in [2.75, 3.05) is 45.2 Å². The van der Waals surface area contributed by atoms with Crippen molar-refractivity contribution >= 4 is 17.6 Å². The summed E-state index contributed by atoms with van der Waals surface area (Å²) in [6, 6.07) is 13.2. The lowest BCUT2D eigenvalue weighted by Gasteiger charge is -2.29. The summed E-state index contributed by atoms with van der Waals surface area (Å²) < 4.78 is 18.7. The van der Waals surface area contributed by atoms with Crippen molar-refractivity contribution in [2.24, 2.45) is 0 Å². The van der Waals surface area contributed by atoms with E-state index >= 15 is 0 Å². The SMILES string of the molecule is COc1ccc(C[NH+]2CC[NH+](CC(=O)NC(=O)Nc3ccccc3F)CC2)cc1. The van der Waals surface area contributed by atoms with Gasteiger partial charge < -0.3 is 19.9 Å². The minimum absolute atomic E-state index is 0.0425. The van der Waals surface area contributed by atoms with Crippen LogP contribution in [0.25, 0.3) is 0 Å². The molecule has 0 spiro atoms. The van der Waals surface area contributed by atoms with Crippen LogP contribution in [-0.4, -0.2) is 51.8 Å². The lowest BCUT2D eigenvalue weighted by atomic mass is 10.2. The Bertz CT molecular complexity index is 836. The summed E-state index contributed by atoms with van der Waals surface area (Å²) in [6.07, 6.45) is 0. The monoisotopic (exact) mass is 402 g/mol. The van der Waals surface area contributed by atoms with Crippen LogP contribution in [0.4, 0.5) is 14.9 Å². The fraction of sp³-hybridized carbons (Fsp3) is 0.333. The third kappa shape index (κ3) is 6.27. The van der Waals surface area contributed by atoms with E-state index in [1.165, 1.54) is 28.7 Å². The first kappa shape index (κ1) is 20.8. The van der Waals surface area contributed by atoms with Crippen molar-refractivity contribution in [2.45, 2.75) is 6.54 Å². The maximum Gasteiger partial charge on any atom is 0.326 e. The Labute approximate surface area is 169 Å². The summed E-state index contributed by atoms with van der Waals surface area (Å²) in [6.45, 7) is 4.78. The van der Waals surface area contributed by atoms with Gasteiger partial charge in [-0.05, 0) is 36.4 Å². The smallest absolute Gasteiger partial charge is 0.326 e. The fourth-order valence-electron chi connectivity index (χ4n) is 3.46. The molecule has 0 atom stereocenters. The second-order valence-electron chi connectivity index (χ2n) is 7.18. The molecule has 3 rings (SSSR count). The van der Waals surface area contributed by atoms with Gasteiger partial charge in [-0.25, -0.2) is 9.18 Å². The summed E-state index contributed by atoms with van der Waals surface area (Å²) in [5.74, 6) is -0.0628. The number of halogens is 1. The van der Waals surface area contributed by atoms with Crippen LogP contribution in [0.3, 0.4) is 0 Å². The molecule has 1 saturated heterocycles. The van der Waals surface area contributed by atoms with Crippen molar-refractivity contribution in [3.63, 3.8) is 0 Å². The second-order valence-corrected chi connectivity index (χ2v) is 7.18. The molecular weight excluding hydrogens is 375 g/mol. The molecule has 1 fully saturated rings. The molecule has 2 aromatic rings. The van der Waals surface area contributed by atoms with Crippen molar-refractivity contribution in [1.29, 1.82) is 0 Å². The van der Waals surface area contributed by atoms with E-state index in [0.29, 0.717) is 0 Å². The summed E-state index contributed by atoms with van der Waals surface area (Å²) in [5.41, 5.74) is 1.30. The Morgan fingerprint density at radius 1 is 1.00 bits per heavy atom. The number of urea groups is 1. The van der Waals surface area contributed by atoms with Crippen molar-refractivity contribution in [1.82, 2.24) is 5.32 Å². The van der Waals surface area contributed by atoms with Crippen molar-refractivity contribution in [3.8, 4) is 5.75 Å². The topological polar surface area (TPSA) is 76.3 Å². The third-order valence-electron chi connectivity index (χ3n) is 5.06. The van der Waals surface area contributed by atoms with Crippen LogP contribution in [-0.2, 0) is 11.3 Å². The summed E-state index contributed by atoms with van der Waals surface area (Å²) in [7, 11) is 1.65. The van der Waals surface area contributed by atoms with E-state index in [4.69, 9.17) is 4.74 Å². The molecule has 4 N–H and O–H groups in total. The normalized spacial score (nSPS) is 18.7. The van der Waals surface area contributed by atoms with Crippen LogP contribution < -0.4 is 25.2 Å². The largest absolute Gasteiger partial charge is 0.497 e. The number of benzene rings is 2.